The summed E-state index contributed by atoms with van der Waals surface area (Å²) in [6, 6.07) is 24.6. The highest BCUT2D eigenvalue weighted by Gasteiger charge is 2.29. The lowest BCUT2D eigenvalue weighted by atomic mass is 9.95. The van der Waals surface area contributed by atoms with E-state index in [9.17, 15) is 33.2 Å². The number of aromatic amines is 1. The molecule has 0 saturated carbocycles. The fourth-order valence-corrected chi connectivity index (χ4v) is 9.13. The van der Waals surface area contributed by atoms with Crippen LogP contribution in [0.15, 0.2) is 107 Å². The first kappa shape index (κ1) is 50.0. The number of H-pyrrole nitrogens is 1. The molecular weight excluding hydrogens is 906 g/mol. The molecule has 71 heavy (non-hydrogen) atoms. The van der Waals surface area contributed by atoms with Gasteiger partial charge in [0, 0.05) is 108 Å². The number of carbonyl (C=O) groups excluding carboxylic acids is 4. The number of rotatable bonds is 18. The summed E-state index contributed by atoms with van der Waals surface area (Å²) in [6.07, 6.45) is 6.16. The second kappa shape index (κ2) is 23.5. The number of nitrogens with zero attached hydrogens (tertiary/aromatic N) is 6. The number of fused-ring (bicyclic) bond motifs is 1. The molecule has 3 aromatic heterocycles. The fraction of sp³-hybridized carbons (Fsp3) is 0.358. The summed E-state index contributed by atoms with van der Waals surface area (Å²) in [5.41, 5.74) is 4.87. The molecule has 5 heterocycles. The van der Waals surface area contributed by atoms with Crippen molar-refractivity contribution in [1.82, 2.24) is 50.4 Å². The first-order valence-corrected chi connectivity index (χ1v) is 24.2. The Morgan fingerprint density at radius 1 is 0.775 bits per heavy atom. The summed E-state index contributed by atoms with van der Waals surface area (Å²) in [7, 11) is 1.68. The van der Waals surface area contributed by atoms with Crippen LogP contribution in [0.1, 0.15) is 63.0 Å². The highest BCUT2D eigenvalue weighted by atomic mass is 19.1. The molecule has 5 N–H and O–H groups in total. The van der Waals surface area contributed by atoms with Gasteiger partial charge < -0.3 is 35.6 Å². The van der Waals surface area contributed by atoms with E-state index in [1.165, 1.54) is 22.8 Å². The molecule has 0 atom stereocenters. The SMILES string of the molecule is CCc1cccc(-c2cnc(C(=O)N3CCC(CN4CCN(CC(=O)NCCNC(=O)c5cc(Cc6n[nH]c(=O)c7ccccc67)ccc5F)CC4)CC3)c(NC(=O)CNCc3ccn(C)c(=O)c3)c2)c1. The molecule has 0 spiro atoms. The maximum absolute atomic E-state index is 14.8. The summed E-state index contributed by atoms with van der Waals surface area (Å²) < 4.78 is 16.3. The molecule has 2 aliphatic rings. The van der Waals surface area contributed by atoms with E-state index in [-0.39, 0.29) is 72.7 Å². The number of pyridine rings is 2. The van der Waals surface area contributed by atoms with Crippen molar-refractivity contribution in [1.29, 1.82) is 0 Å². The third-order valence-corrected chi connectivity index (χ3v) is 13.2. The number of hydrogen-bond donors (Lipinski definition) is 5. The molecule has 2 saturated heterocycles. The number of carbonyl (C=O) groups is 4. The summed E-state index contributed by atoms with van der Waals surface area (Å²) >= 11 is 0. The van der Waals surface area contributed by atoms with Crippen LogP contribution in [0.25, 0.3) is 21.9 Å². The van der Waals surface area contributed by atoms with Crippen LogP contribution in [-0.2, 0) is 36.0 Å². The predicted molar refractivity (Wildman–Crippen MR) is 269 cm³/mol. The number of anilines is 1. The lowest BCUT2D eigenvalue weighted by Crippen LogP contribution is -2.51. The van der Waals surface area contributed by atoms with Crippen LogP contribution in [0, 0.1) is 11.7 Å². The van der Waals surface area contributed by atoms with Crippen molar-refractivity contribution in [3.8, 4) is 11.1 Å². The maximum Gasteiger partial charge on any atom is 0.274 e. The molecule has 8 rings (SSSR count). The van der Waals surface area contributed by atoms with Crippen LogP contribution in [0.3, 0.4) is 0 Å². The third kappa shape index (κ3) is 13.1. The number of aromatic nitrogens is 4. The maximum atomic E-state index is 14.8. The second-order valence-electron chi connectivity index (χ2n) is 18.3. The second-order valence-corrected chi connectivity index (χ2v) is 18.3. The Labute approximate surface area is 410 Å². The van der Waals surface area contributed by atoms with E-state index in [0.29, 0.717) is 53.3 Å². The van der Waals surface area contributed by atoms with Gasteiger partial charge >= 0.3 is 0 Å². The molecular formula is C53H60FN11O6. The van der Waals surface area contributed by atoms with Crippen LogP contribution in [0.4, 0.5) is 10.1 Å². The largest absolute Gasteiger partial charge is 0.353 e. The van der Waals surface area contributed by atoms with Crippen molar-refractivity contribution in [3.63, 3.8) is 0 Å². The highest BCUT2D eigenvalue weighted by Crippen LogP contribution is 2.28. The number of piperidine rings is 1. The highest BCUT2D eigenvalue weighted by molar-refractivity contribution is 6.03. The number of piperazine rings is 1. The van der Waals surface area contributed by atoms with E-state index in [1.807, 2.05) is 35.2 Å². The molecule has 17 nitrogen and oxygen atoms in total. The average molecular weight is 966 g/mol. The van der Waals surface area contributed by atoms with Crippen molar-refractivity contribution >= 4 is 40.1 Å². The number of nitrogens with one attached hydrogen (secondary N) is 5. The van der Waals surface area contributed by atoms with E-state index in [4.69, 9.17) is 0 Å². The van der Waals surface area contributed by atoms with Crippen LogP contribution in [-0.4, -0.2) is 130 Å². The average Bonchev–Trinajstić information content (AvgIpc) is 3.38. The molecule has 18 heteroatoms. The van der Waals surface area contributed by atoms with E-state index in [1.54, 1.807) is 43.7 Å². The standard InChI is InChI=1S/C53H60FN11O6/c1-3-35-7-6-8-39(25-35)40-29-46(59-47(66)32-55-30-38-13-18-62(2)49(68)28-38)50(58-31-40)53(71)65-19-14-36(15-20-65)33-63-21-23-64(24-22-63)34-48(67)56-16-17-57-51(69)43-26-37(11-12-44(43)54)27-45-41-9-4-5-10-42(41)52(70)61-60-45/h4-13,18,25-26,28-29,31,36,55H,3,14-17,19-24,27,30,32-34H2,1-2H3,(H,56,67)(H,57,69)(H,59,66)(H,61,70). The topological polar surface area (TPSA) is 207 Å². The Kier molecular flexibility index (Phi) is 16.5. The minimum absolute atomic E-state index is 0.0334. The zero-order chi connectivity index (χ0) is 49.9. The molecule has 2 aliphatic heterocycles. The Hall–Kier alpha value is -7.41. The third-order valence-electron chi connectivity index (χ3n) is 13.2. The molecule has 0 unspecified atom stereocenters. The Morgan fingerprint density at radius 2 is 1.54 bits per heavy atom. The lowest BCUT2D eigenvalue weighted by Gasteiger charge is -2.38. The van der Waals surface area contributed by atoms with Crippen LogP contribution >= 0.6 is 0 Å². The zero-order valence-corrected chi connectivity index (χ0v) is 40.1. The van der Waals surface area contributed by atoms with E-state index >= 15 is 0 Å². The Balaban J connectivity index is 0.761. The van der Waals surface area contributed by atoms with Crippen LogP contribution in [0.5, 0.6) is 0 Å². The molecule has 0 aliphatic carbocycles. The molecule has 0 bridgehead atoms. The van der Waals surface area contributed by atoms with E-state index < -0.39 is 11.7 Å². The molecule has 0 radical (unpaired) electrons. The van der Waals surface area contributed by atoms with Gasteiger partial charge in [0.2, 0.25) is 11.8 Å². The molecule has 4 amide bonds. The van der Waals surface area contributed by atoms with Crippen molar-refractivity contribution in [2.75, 3.05) is 77.3 Å². The normalized spacial score (nSPS) is 14.6. The van der Waals surface area contributed by atoms with Crippen LogP contribution < -0.4 is 32.4 Å². The monoisotopic (exact) mass is 965 g/mol. The summed E-state index contributed by atoms with van der Waals surface area (Å²) in [5.74, 6) is -1.61. The smallest absolute Gasteiger partial charge is 0.274 e. The van der Waals surface area contributed by atoms with Gasteiger partial charge in [-0.3, -0.25) is 33.7 Å². The quantitative estimate of drug-likeness (QED) is 0.0786. The van der Waals surface area contributed by atoms with Crippen molar-refractivity contribution < 1.29 is 23.6 Å². The lowest BCUT2D eigenvalue weighted by molar-refractivity contribution is -0.122. The summed E-state index contributed by atoms with van der Waals surface area (Å²) in [5, 5.41) is 19.4. The van der Waals surface area contributed by atoms with Gasteiger partial charge in [-0.25, -0.2) is 14.5 Å². The van der Waals surface area contributed by atoms with Gasteiger partial charge in [0.25, 0.3) is 22.9 Å². The molecule has 2 fully saturated rings. The van der Waals surface area contributed by atoms with Gasteiger partial charge in [-0.1, -0.05) is 55.5 Å². The number of halogens is 1. The van der Waals surface area contributed by atoms with E-state index in [2.05, 4.69) is 65.3 Å². The first-order chi connectivity index (χ1) is 34.4. The minimum Gasteiger partial charge on any atom is -0.353 e. The van der Waals surface area contributed by atoms with Gasteiger partial charge in [-0.05, 0) is 77.8 Å². The van der Waals surface area contributed by atoms with Gasteiger partial charge in [0.15, 0.2) is 5.69 Å². The number of aryl methyl sites for hydroxylation is 2. The van der Waals surface area contributed by atoms with E-state index in [0.717, 1.165) is 74.2 Å². The first-order valence-electron chi connectivity index (χ1n) is 24.2. The number of likely N-dealkylation sites (tertiary alicyclic amines) is 1. The molecule has 6 aromatic rings. The van der Waals surface area contributed by atoms with Crippen molar-refractivity contribution in [2.24, 2.45) is 13.0 Å². The molecule has 3 aromatic carbocycles. The predicted octanol–water partition coefficient (Wildman–Crippen LogP) is 3.72. The van der Waals surface area contributed by atoms with Gasteiger partial charge in [0.1, 0.15) is 5.82 Å². The Morgan fingerprint density at radius 3 is 2.31 bits per heavy atom. The number of hydrogen-bond acceptors (Lipinski definition) is 11. The van der Waals surface area contributed by atoms with Crippen LogP contribution in [0.2, 0.25) is 0 Å². The molecule has 370 valence electrons. The van der Waals surface area contributed by atoms with Gasteiger partial charge in [0.05, 0.1) is 35.4 Å². The minimum atomic E-state index is -0.669. The number of benzene rings is 3. The van der Waals surface area contributed by atoms with Gasteiger partial charge in [-0.15, -0.1) is 0 Å². The Bertz CT molecular complexity index is 3010. The van der Waals surface area contributed by atoms with Crippen molar-refractivity contribution in [2.45, 2.75) is 39.2 Å². The fourth-order valence-electron chi connectivity index (χ4n) is 9.13. The number of amides is 4. The summed E-state index contributed by atoms with van der Waals surface area (Å²) in [6.45, 7) is 7.98. The summed E-state index contributed by atoms with van der Waals surface area (Å²) in [4.78, 5) is 88.4. The van der Waals surface area contributed by atoms with Gasteiger partial charge in [-0.2, -0.15) is 5.10 Å². The zero-order valence-electron chi connectivity index (χ0n) is 40.1. The van der Waals surface area contributed by atoms with Crippen molar-refractivity contribution in [3.05, 3.63) is 157 Å².